The Kier molecular flexibility index (Phi) is 4.04. The molecule has 0 saturated heterocycles. The molecule has 2 atom stereocenters. The van der Waals surface area contributed by atoms with E-state index >= 15 is 0 Å². The Balaban J connectivity index is 1.64. The fourth-order valence-corrected chi connectivity index (χ4v) is 3.68. The van der Waals surface area contributed by atoms with Gasteiger partial charge >= 0.3 is 0 Å². The molecule has 1 aliphatic carbocycles. The molecular formula is C21H23N3O. The van der Waals surface area contributed by atoms with E-state index in [1.165, 1.54) is 10.9 Å². The number of anilines is 1. The zero-order chi connectivity index (χ0) is 17.4. The Morgan fingerprint density at radius 1 is 1.24 bits per heavy atom. The number of nitrogens with zero attached hydrogens (tertiary/aromatic N) is 3. The van der Waals surface area contributed by atoms with E-state index in [9.17, 15) is 4.79 Å². The Labute approximate surface area is 148 Å². The Morgan fingerprint density at radius 3 is 2.80 bits per heavy atom. The van der Waals surface area contributed by atoms with Gasteiger partial charge in [-0.05, 0) is 35.8 Å². The summed E-state index contributed by atoms with van der Waals surface area (Å²) >= 11 is 0. The molecule has 0 unspecified atom stereocenters. The Bertz CT molecular complexity index is 909. The van der Waals surface area contributed by atoms with Crippen LogP contribution < -0.4 is 4.90 Å². The lowest BCUT2D eigenvalue weighted by Crippen LogP contribution is -2.33. The van der Waals surface area contributed by atoms with E-state index in [2.05, 4.69) is 36.3 Å². The highest BCUT2D eigenvalue weighted by molar-refractivity contribution is 6.05. The maximum Gasteiger partial charge on any atom is 0.230 e. The molecule has 1 aromatic heterocycles. The molecule has 3 aromatic rings. The van der Waals surface area contributed by atoms with Gasteiger partial charge in [0.15, 0.2) is 0 Å². The molecular weight excluding hydrogens is 310 g/mol. The van der Waals surface area contributed by atoms with Crippen molar-refractivity contribution in [2.75, 3.05) is 11.4 Å². The number of hydrogen-bond donors (Lipinski definition) is 0. The van der Waals surface area contributed by atoms with E-state index in [4.69, 9.17) is 0 Å². The fourth-order valence-electron chi connectivity index (χ4n) is 3.68. The minimum atomic E-state index is 0.0784. The monoisotopic (exact) mass is 333 g/mol. The standard InChI is InChI=1S/C21H23N3O/c1-3-11-24(20-10-6-8-15-7-4-5-9-17(15)20)21(25)19-12-18(19)16-13-22-23(2)14-16/h4-10,13-14,18-19H,3,11-12H2,1-2H3/t18-,19+/m0/s1. The lowest BCUT2D eigenvalue weighted by molar-refractivity contribution is -0.119. The number of carbonyl (C=O) groups excluding carboxylic acids is 1. The number of hydrogen-bond acceptors (Lipinski definition) is 2. The van der Waals surface area contributed by atoms with Crippen LogP contribution in [0.3, 0.4) is 0 Å². The van der Waals surface area contributed by atoms with Crippen molar-refractivity contribution in [2.24, 2.45) is 13.0 Å². The second-order valence-electron chi connectivity index (χ2n) is 6.88. The normalized spacial score (nSPS) is 19.1. The van der Waals surface area contributed by atoms with Crippen LogP contribution in [0.2, 0.25) is 0 Å². The van der Waals surface area contributed by atoms with E-state index in [0.717, 1.165) is 30.5 Å². The molecule has 128 valence electrons. The molecule has 0 spiro atoms. The molecule has 1 aliphatic rings. The van der Waals surface area contributed by atoms with Crippen molar-refractivity contribution in [3.05, 3.63) is 60.4 Å². The van der Waals surface area contributed by atoms with Crippen molar-refractivity contribution in [1.82, 2.24) is 9.78 Å². The van der Waals surface area contributed by atoms with Crippen molar-refractivity contribution in [3.63, 3.8) is 0 Å². The minimum absolute atomic E-state index is 0.0784. The number of amides is 1. The topological polar surface area (TPSA) is 38.1 Å². The Hall–Kier alpha value is -2.62. The molecule has 0 aliphatic heterocycles. The zero-order valence-corrected chi connectivity index (χ0v) is 14.7. The summed E-state index contributed by atoms with van der Waals surface area (Å²) in [6.45, 7) is 2.88. The molecule has 4 heteroatoms. The van der Waals surface area contributed by atoms with E-state index in [-0.39, 0.29) is 11.8 Å². The van der Waals surface area contributed by atoms with E-state index in [0.29, 0.717) is 5.92 Å². The van der Waals surface area contributed by atoms with E-state index < -0.39 is 0 Å². The molecule has 4 nitrogen and oxygen atoms in total. The van der Waals surface area contributed by atoms with Gasteiger partial charge in [-0.2, -0.15) is 5.10 Å². The molecule has 25 heavy (non-hydrogen) atoms. The number of fused-ring (bicyclic) bond motifs is 1. The predicted molar refractivity (Wildman–Crippen MR) is 101 cm³/mol. The third kappa shape index (κ3) is 2.93. The smallest absolute Gasteiger partial charge is 0.230 e. The van der Waals surface area contributed by atoms with Crippen LogP contribution in [0.25, 0.3) is 10.8 Å². The predicted octanol–water partition coefficient (Wildman–Crippen LogP) is 4.12. The molecule has 2 aromatic carbocycles. The van der Waals surface area contributed by atoms with E-state index in [1.807, 2.05) is 47.2 Å². The number of carbonyl (C=O) groups is 1. The minimum Gasteiger partial charge on any atom is -0.312 e. The van der Waals surface area contributed by atoms with Crippen molar-refractivity contribution < 1.29 is 4.79 Å². The van der Waals surface area contributed by atoms with Gasteiger partial charge in [-0.1, -0.05) is 43.3 Å². The maximum atomic E-state index is 13.2. The Morgan fingerprint density at radius 2 is 2.04 bits per heavy atom. The first kappa shape index (κ1) is 15.9. The van der Waals surface area contributed by atoms with Crippen LogP contribution in [-0.4, -0.2) is 22.2 Å². The van der Waals surface area contributed by atoms with Gasteiger partial charge < -0.3 is 4.90 Å². The molecule has 1 fully saturated rings. The summed E-state index contributed by atoms with van der Waals surface area (Å²) < 4.78 is 1.81. The maximum absolute atomic E-state index is 13.2. The summed E-state index contributed by atoms with van der Waals surface area (Å²) in [7, 11) is 1.92. The quantitative estimate of drug-likeness (QED) is 0.704. The second kappa shape index (κ2) is 6.36. The average molecular weight is 333 g/mol. The first-order valence-electron chi connectivity index (χ1n) is 8.96. The van der Waals surface area contributed by atoms with Gasteiger partial charge in [-0.15, -0.1) is 0 Å². The molecule has 0 N–H and O–H groups in total. The van der Waals surface area contributed by atoms with Crippen LogP contribution in [-0.2, 0) is 11.8 Å². The van der Waals surface area contributed by atoms with Gasteiger partial charge in [-0.3, -0.25) is 9.48 Å². The molecule has 0 radical (unpaired) electrons. The first-order valence-corrected chi connectivity index (χ1v) is 8.96. The average Bonchev–Trinajstić information content (AvgIpc) is 3.32. The SMILES string of the molecule is CCCN(C(=O)[C@@H]1C[C@H]1c1cnn(C)c1)c1cccc2ccccc12. The number of aryl methyl sites for hydroxylation is 1. The third-order valence-corrected chi connectivity index (χ3v) is 5.03. The third-order valence-electron chi connectivity index (χ3n) is 5.03. The highest BCUT2D eigenvalue weighted by Gasteiger charge is 2.46. The lowest BCUT2D eigenvalue weighted by atomic mass is 10.1. The summed E-state index contributed by atoms with van der Waals surface area (Å²) in [5, 5.41) is 6.56. The molecule has 1 saturated carbocycles. The number of rotatable bonds is 5. The van der Waals surface area contributed by atoms with Crippen molar-refractivity contribution in [3.8, 4) is 0 Å². The van der Waals surface area contributed by atoms with Crippen LogP contribution in [0, 0.1) is 5.92 Å². The summed E-state index contributed by atoms with van der Waals surface area (Å²) in [4.78, 5) is 15.2. The molecule has 1 heterocycles. The zero-order valence-electron chi connectivity index (χ0n) is 14.7. The van der Waals surface area contributed by atoms with Crippen LogP contribution in [0.4, 0.5) is 5.69 Å². The van der Waals surface area contributed by atoms with Crippen molar-refractivity contribution in [1.29, 1.82) is 0 Å². The van der Waals surface area contributed by atoms with Gasteiger partial charge in [0.25, 0.3) is 0 Å². The number of aromatic nitrogens is 2. The van der Waals surface area contributed by atoms with Crippen LogP contribution in [0.1, 0.15) is 31.2 Å². The van der Waals surface area contributed by atoms with Crippen molar-refractivity contribution >= 4 is 22.4 Å². The number of benzene rings is 2. The molecule has 4 rings (SSSR count). The van der Waals surface area contributed by atoms with Gasteiger partial charge in [0.2, 0.25) is 5.91 Å². The summed E-state index contributed by atoms with van der Waals surface area (Å²) in [6, 6.07) is 14.5. The second-order valence-corrected chi connectivity index (χ2v) is 6.88. The van der Waals surface area contributed by atoms with Gasteiger partial charge in [0.05, 0.1) is 11.9 Å². The molecule has 0 bridgehead atoms. The van der Waals surface area contributed by atoms with Crippen molar-refractivity contribution in [2.45, 2.75) is 25.7 Å². The summed E-state index contributed by atoms with van der Waals surface area (Å²) in [5.74, 6) is 0.636. The fraction of sp³-hybridized carbons (Fsp3) is 0.333. The van der Waals surface area contributed by atoms with E-state index in [1.54, 1.807) is 0 Å². The summed E-state index contributed by atoms with van der Waals surface area (Å²) in [5.41, 5.74) is 2.21. The highest BCUT2D eigenvalue weighted by atomic mass is 16.2. The van der Waals surface area contributed by atoms with Crippen LogP contribution in [0.15, 0.2) is 54.9 Å². The lowest BCUT2D eigenvalue weighted by Gasteiger charge is -2.24. The van der Waals surface area contributed by atoms with Gasteiger partial charge in [0.1, 0.15) is 0 Å². The van der Waals surface area contributed by atoms with Gasteiger partial charge in [0, 0.05) is 31.1 Å². The highest BCUT2D eigenvalue weighted by Crippen LogP contribution is 2.49. The first-order chi connectivity index (χ1) is 12.2. The molecule has 1 amide bonds. The van der Waals surface area contributed by atoms with Gasteiger partial charge in [-0.25, -0.2) is 0 Å². The largest absolute Gasteiger partial charge is 0.312 e. The summed E-state index contributed by atoms with van der Waals surface area (Å²) in [6.07, 6.45) is 5.79. The van der Waals surface area contributed by atoms with Crippen LogP contribution >= 0.6 is 0 Å². The van der Waals surface area contributed by atoms with Crippen LogP contribution in [0.5, 0.6) is 0 Å².